The van der Waals surface area contributed by atoms with Crippen LogP contribution in [0.15, 0.2) is 18.3 Å². The van der Waals surface area contributed by atoms with Crippen molar-refractivity contribution in [3.8, 4) is 6.07 Å². The Labute approximate surface area is 111 Å². The lowest BCUT2D eigenvalue weighted by Crippen LogP contribution is -2.38. The van der Waals surface area contributed by atoms with Gasteiger partial charge in [0.15, 0.2) is 0 Å². The molecule has 0 radical (unpaired) electrons. The highest BCUT2D eigenvalue weighted by atomic mass is 16.4. The Morgan fingerprint density at radius 3 is 2.58 bits per heavy atom. The number of pyridine rings is 1. The van der Waals surface area contributed by atoms with Gasteiger partial charge in [-0.25, -0.2) is 4.79 Å². The van der Waals surface area contributed by atoms with Crippen molar-refractivity contribution in [2.45, 2.75) is 26.3 Å². The van der Waals surface area contributed by atoms with Crippen LogP contribution in [0.4, 0.5) is 0 Å². The van der Waals surface area contributed by atoms with Crippen molar-refractivity contribution in [1.82, 2.24) is 9.88 Å². The molecule has 0 bridgehead atoms. The predicted octanol–water partition coefficient (Wildman–Crippen LogP) is 1.54. The van der Waals surface area contributed by atoms with Crippen LogP contribution in [0.2, 0.25) is 0 Å². The summed E-state index contributed by atoms with van der Waals surface area (Å²) in [6.07, 6.45) is 1.40. The summed E-state index contributed by atoms with van der Waals surface area (Å²) in [6.45, 7) is 4.02. The summed E-state index contributed by atoms with van der Waals surface area (Å²) >= 11 is 0. The maximum Gasteiger partial charge on any atom is 0.337 e. The molecular weight excluding hydrogens is 246 g/mol. The zero-order valence-electron chi connectivity index (χ0n) is 10.8. The van der Waals surface area contributed by atoms with Gasteiger partial charge in [-0.05, 0) is 26.0 Å². The standard InChI is InChI=1S/C13H15N3O3/c1-9(2)16(7-3-6-14)12(17)11-5-4-10(8-15-11)13(18)19/h4-5,8-9H,3,7H2,1-2H3,(H,18,19). The maximum atomic E-state index is 12.2. The van der Waals surface area contributed by atoms with Gasteiger partial charge in [0, 0.05) is 18.8 Å². The molecule has 6 heteroatoms. The molecule has 0 atom stereocenters. The molecule has 0 aromatic carbocycles. The van der Waals surface area contributed by atoms with E-state index in [0.29, 0.717) is 6.54 Å². The van der Waals surface area contributed by atoms with Crippen molar-refractivity contribution in [2.24, 2.45) is 0 Å². The number of carboxylic acids is 1. The van der Waals surface area contributed by atoms with E-state index < -0.39 is 5.97 Å². The molecule has 1 aromatic heterocycles. The SMILES string of the molecule is CC(C)N(CCC#N)C(=O)c1ccc(C(=O)O)cn1. The van der Waals surface area contributed by atoms with Crippen LogP contribution in [0.1, 0.15) is 41.1 Å². The highest BCUT2D eigenvalue weighted by Gasteiger charge is 2.19. The van der Waals surface area contributed by atoms with Gasteiger partial charge in [0.1, 0.15) is 5.69 Å². The van der Waals surface area contributed by atoms with Gasteiger partial charge in [-0.15, -0.1) is 0 Å². The van der Waals surface area contributed by atoms with Crippen LogP contribution in [0.3, 0.4) is 0 Å². The van der Waals surface area contributed by atoms with Crippen LogP contribution in [-0.4, -0.2) is 39.5 Å². The van der Waals surface area contributed by atoms with Gasteiger partial charge in [0.25, 0.3) is 5.91 Å². The first kappa shape index (κ1) is 14.6. The average molecular weight is 261 g/mol. The summed E-state index contributed by atoms with van der Waals surface area (Å²) in [6, 6.07) is 4.66. The minimum absolute atomic E-state index is 0.0321. The average Bonchev–Trinajstić information content (AvgIpc) is 2.38. The van der Waals surface area contributed by atoms with Crippen LogP contribution in [-0.2, 0) is 0 Å². The number of amides is 1. The van der Waals surface area contributed by atoms with E-state index in [9.17, 15) is 9.59 Å². The summed E-state index contributed by atoms with van der Waals surface area (Å²) in [5.74, 6) is -1.39. The summed E-state index contributed by atoms with van der Waals surface area (Å²) in [5.41, 5.74) is 0.210. The number of hydrogen-bond acceptors (Lipinski definition) is 4. The highest BCUT2D eigenvalue weighted by Crippen LogP contribution is 2.08. The molecule has 0 aliphatic carbocycles. The summed E-state index contributed by atoms with van der Waals surface area (Å²) in [7, 11) is 0. The van der Waals surface area contributed by atoms with E-state index in [1.807, 2.05) is 19.9 Å². The van der Waals surface area contributed by atoms with Gasteiger partial charge in [-0.1, -0.05) is 0 Å². The maximum absolute atomic E-state index is 12.2. The van der Waals surface area contributed by atoms with Crippen LogP contribution in [0, 0.1) is 11.3 Å². The lowest BCUT2D eigenvalue weighted by atomic mass is 10.2. The van der Waals surface area contributed by atoms with Crippen LogP contribution in [0.5, 0.6) is 0 Å². The van der Waals surface area contributed by atoms with Gasteiger partial charge in [0.2, 0.25) is 0 Å². The third-order valence-corrected chi connectivity index (χ3v) is 2.58. The monoisotopic (exact) mass is 261 g/mol. The van der Waals surface area contributed by atoms with Gasteiger partial charge in [-0.3, -0.25) is 9.78 Å². The molecular formula is C13H15N3O3. The molecule has 0 spiro atoms. The van der Waals surface area contributed by atoms with Gasteiger partial charge in [0.05, 0.1) is 18.1 Å². The Kier molecular flexibility index (Phi) is 5.01. The fourth-order valence-electron chi connectivity index (χ4n) is 1.56. The number of nitrogens with zero attached hydrogens (tertiary/aromatic N) is 3. The first-order chi connectivity index (χ1) is 8.97. The summed E-state index contributed by atoms with van der Waals surface area (Å²) in [4.78, 5) is 28.3. The second-order valence-corrected chi connectivity index (χ2v) is 4.24. The third kappa shape index (κ3) is 3.78. The molecule has 19 heavy (non-hydrogen) atoms. The van der Waals surface area contributed by atoms with Gasteiger partial charge in [-0.2, -0.15) is 5.26 Å². The van der Waals surface area contributed by atoms with Gasteiger partial charge < -0.3 is 10.0 Å². The van der Waals surface area contributed by atoms with Crippen molar-refractivity contribution in [1.29, 1.82) is 5.26 Å². The molecule has 0 saturated carbocycles. The summed E-state index contributed by atoms with van der Waals surface area (Å²) in [5, 5.41) is 17.3. The number of rotatable bonds is 5. The largest absolute Gasteiger partial charge is 0.478 e. The van der Waals surface area contributed by atoms with Gasteiger partial charge >= 0.3 is 5.97 Å². The van der Waals surface area contributed by atoms with E-state index in [4.69, 9.17) is 10.4 Å². The quantitative estimate of drug-likeness (QED) is 0.867. The van der Waals surface area contributed by atoms with E-state index in [0.717, 1.165) is 6.20 Å². The number of aromatic carboxylic acids is 1. The highest BCUT2D eigenvalue weighted by molar-refractivity contribution is 5.94. The number of aromatic nitrogens is 1. The van der Waals surface area contributed by atoms with Crippen LogP contribution >= 0.6 is 0 Å². The van der Waals surface area contributed by atoms with E-state index in [-0.39, 0.29) is 29.6 Å². The van der Waals surface area contributed by atoms with Crippen molar-refractivity contribution in [3.05, 3.63) is 29.6 Å². The minimum atomic E-state index is -1.09. The fraction of sp³-hybridized carbons (Fsp3) is 0.385. The number of nitriles is 1. The molecule has 0 saturated heterocycles. The Hall–Kier alpha value is -2.42. The molecule has 0 unspecified atom stereocenters. The van der Waals surface area contributed by atoms with Crippen molar-refractivity contribution >= 4 is 11.9 Å². The fourth-order valence-corrected chi connectivity index (χ4v) is 1.56. The topological polar surface area (TPSA) is 94.3 Å². The lowest BCUT2D eigenvalue weighted by molar-refractivity contribution is 0.0684. The first-order valence-electron chi connectivity index (χ1n) is 5.84. The smallest absolute Gasteiger partial charge is 0.337 e. The van der Waals surface area contributed by atoms with Crippen LogP contribution in [0.25, 0.3) is 0 Å². The van der Waals surface area contributed by atoms with E-state index >= 15 is 0 Å². The second-order valence-electron chi connectivity index (χ2n) is 4.24. The van der Waals surface area contributed by atoms with E-state index in [2.05, 4.69) is 4.98 Å². The number of carbonyl (C=O) groups is 2. The first-order valence-corrected chi connectivity index (χ1v) is 5.84. The number of hydrogen-bond donors (Lipinski definition) is 1. The number of carbonyl (C=O) groups excluding carboxylic acids is 1. The third-order valence-electron chi connectivity index (χ3n) is 2.58. The van der Waals surface area contributed by atoms with Crippen molar-refractivity contribution < 1.29 is 14.7 Å². The molecule has 0 fully saturated rings. The predicted molar refractivity (Wildman–Crippen MR) is 67.6 cm³/mol. The zero-order chi connectivity index (χ0) is 14.4. The molecule has 1 N–H and O–H groups in total. The molecule has 100 valence electrons. The second kappa shape index (κ2) is 6.50. The zero-order valence-corrected chi connectivity index (χ0v) is 10.8. The normalized spacial score (nSPS) is 10.0. The molecule has 6 nitrogen and oxygen atoms in total. The molecule has 1 aromatic rings. The van der Waals surface area contributed by atoms with E-state index in [1.165, 1.54) is 17.0 Å². The molecule has 1 rings (SSSR count). The molecule has 0 aliphatic heterocycles. The Bertz CT molecular complexity index is 503. The van der Waals surface area contributed by atoms with Crippen LogP contribution < -0.4 is 0 Å². The Morgan fingerprint density at radius 2 is 2.16 bits per heavy atom. The molecule has 1 heterocycles. The molecule has 0 aliphatic rings. The van der Waals surface area contributed by atoms with E-state index in [1.54, 1.807) is 0 Å². The molecule has 1 amide bonds. The Balaban J connectivity index is 2.90. The lowest BCUT2D eigenvalue weighted by Gasteiger charge is -2.25. The van der Waals surface area contributed by atoms with Crippen molar-refractivity contribution in [2.75, 3.05) is 6.54 Å². The Morgan fingerprint density at radius 1 is 1.47 bits per heavy atom. The van der Waals surface area contributed by atoms with Crippen molar-refractivity contribution in [3.63, 3.8) is 0 Å². The minimum Gasteiger partial charge on any atom is -0.478 e. The number of carboxylic acid groups (broad SMARTS) is 1. The summed E-state index contributed by atoms with van der Waals surface area (Å²) < 4.78 is 0.